The number of amidine groups is 1. The van der Waals surface area contributed by atoms with Gasteiger partial charge in [-0.2, -0.15) is 0 Å². The van der Waals surface area contributed by atoms with Crippen LogP contribution in [-0.4, -0.2) is 38.6 Å². The number of rotatable bonds is 9. The second-order valence-electron chi connectivity index (χ2n) is 5.02. The maximum absolute atomic E-state index is 5.44. The van der Waals surface area contributed by atoms with Crippen LogP contribution in [0.25, 0.3) is 0 Å². The topological polar surface area (TPSA) is 62.4 Å². The second kappa shape index (κ2) is 20.3. The van der Waals surface area contributed by atoms with Crippen LogP contribution in [0.2, 0.25) is 0 Å². The molecular weight excluding hydrogens is 331 g/mol. The van der Waals surface area contributed by atoms with E-state index in [-0.39, 0.29) is 37.2 Å². The maximum atomic E-state index is 5.44. The standard InChI is InChI=1S/C14H30N4.3ClH/c15-9-3-5-10-16-11-6-7-13-18-14-8-2-1-4-12-17-14;;;/h16H,1-13,15H2,(H,17,18);3*1H. The van der Waals surface area contributed by atoms with Crippen molar-refractivity contribution in [3.8, 4) is 0 Å². The molecule has 0 aromatic heterocycles. The highest BCUT2D eigenvalue weighted by Gasteiger charge is 2.02. The average Bonchev–Trinajstić information content (AvgIpc) is 2.65. The molecule has 1 heterocycles. The number of unbranched alkanes of at least 4 members (excludes halogenated alkanes) is 2. The molecule has 0 aromatic carbocycles. The third kappa shape index (κ3) is 16.5. The Morgan fingerprint density at radius 1 is 0.857 bits per heavy atom. The zero-order chi connectivity index (χ0) is 12.9. The summed E-state index contributed by atoms with van der Waals surface area (Å²) < 4.78 is 0. The van der Waals surface area contributed by atoms with E-state index in [4.69, 9.17) is 5.73 Å². The maximum Gasteiger partial charge on any atom is 0.0963 e. The van der Waals surface area contributed by atoms with Crippen LogP contribution < -0.4 is 16.4 Å². The minimum Gasteiger partial charge on any atom is -0.374 e. The Kier molecular flexibility index (Phi) is 25.2. The molecular formula is C14H33Cl3N4. The van der Waals surface area contributed by atoms with Crippen LogP contribution in [0, 0.1) is 0 Å². The van der Waals surface area contributed by atoms with Crippen molar-refractivity contribution in [2.45, 2.75) is 51.4 Å². The van der Waals surface area contributed by atoms with Gasteiger partial charge < -0.3 is 16.4 Å². The molecule has 0 spiro atoms. The number of aliphatic imine (C=N–C) groups is 1. The molecule has 1 aliphatic heterocycles. The SMILES string of the molecule is Cl.Cl.Cl.NCCCCNCCCCNC1=NCCCCC1. The number of halogens is 3. The summed E-state index contributed by atoms with van der Waals surface area (Å²) in [7, 11) is 0. The highest BCUT2D eigenvalue weighted by molar-refractivity contribution is 5.86. The predicted molar refractivity (Wildman–Crippen MR) is 101 cm³/mol. The monoisotopic (exact) mass is 362 g/mol. The molecule has 4 nitrogen and oxygen atoms in total. The second-order valence-corrected chi connectivity index (χ2v) is 5.02. The number of hydrogen-bond acceptors (Lipinski definition) is 4. The lowest BCUT2D eigenvalue weighted by atomic mass is 10.2. The molecule has 21 heavy (non-hydrogen) atoms. The van der Waals surface area contributed by atoms with Crippen LogP contribution in [0.5, 0.6) is 0 Å². The summed E-state index contributed by atoms with van der Waals surface area (Å²) >= 11 is 0. The van der Waals surface area contributed by atoms with Crippen molar-refractivity contribution >= 4 is 43.1 Å². The highest BCUT2D eigenvalue weighted by Crippen LogP contribution is 2.05. The summed E-state index contributed by atoms with van der Waals surface area (Å²) in [6.45, 7) is 5.14. The molecule has 0 aliphatic carbocycles. The summed E-state index contributed by atoms with van der Waals surface area (Å²) in [5.74, 6) is 1.24. The molecule has 1 aliphatic rings. The van der Waals surface area contributed by atoms with E-state index in [0.29, 0.717) is 0 Å². The predicted octanol–water partition coefficient (Wildman–Crippen LogP) is 2.92. The molecule has 0 aromatic rings. The number of nitrogens with two attached hydrogens (primary N) is 1. The van der Waals surface area contributed by atoms with E-state index in [1.807, 2.05) is 0 Å². The third-order valence-electron chi connectivity index (χ3n) is 3.29. The van der Waals surface area contributed by atoms with Gasteiger partial charge in [-0.15, -0.1) is 37.2 Å². The summed E-state index contributed by atoms with van der Waals surface area (Å²) in [4.78, 5) is 4.57. The molecule has 0 atom stereocenters. The zero-order valence-electron chi connectivity index (χ0n) is 12.9. The Bertz CT molecular complexity index is 228. The first-order chi connectivity index (χ1) is 8.93. The lowest BCUT2D eigenvalue weighted by molar-refractivity contribution is 0.588. The van der Waals surface area contributed by atoms with Crippen LogP contribution in [0.4, 0.5) is 0 Å². The highest BCUT2D eigenvalue weighted by atomic mass is 35.5. The van der Waals surface area contributed by atoms with Crippen LogP contribution in [0.3, 0.4) is 0 Å². The fraction of sp³-hybridized carbons (Fsp3) is 0.929. The normalized spacial score (nSPS) is 13.9. The van der Waals surface area contributed by atoms with Crippen molar-refractivity contribution in [2.75, 3.05) is 32.7 Å². The summed E-state index contributed by atoms with van der Waals surface area (Å²) in [6, 6.07) is 0. The molecule has 0 fully saturated rings. The zero-order valence-corrected chi connectivity index (χ0v) is 15.4. The van der Waals surface area contributed by atoms with Crippen molar-refractivity contribution in [1.29, 1.82) is 0 Å². The van der Waals surface area contributed by atoms with E-state index in [1.54, 1.807) is 0 Å². The Labute approximate surface area is 148 Å². The minimum absolute atomic E-state index is 0. The molecule has 0 bridgehead atoms. The van der Waals surface area contributed by atoms with E-state index in [1.165, 1.54) is 44.4 Å². The summed E-state index contributed by atoms with van der Waals surface area (Å²) in [6.07, 6.45) is 9.84. The summed E-state index contributed by atoms with van der Waals surface area (Å²) in [5.41, 5.74) is 5.44. The Morgan fingerprint density at radius 3 is 2.24 bits per heavy atom. The van der Waals surface area contributed by atoms with Crippen LogP contribution in [-0.2, 0) is 0 Å². The molecule has 4 N–H and O–H groups in total. The van der Waals surface area contributed by atoms with Crippen molar-refractivity contribution in [3.05, 3.63) is 0 Å². The molecule has 0 amide bonds. The van der Waals surface area contributed by atoms with Gasteiger partial charge in [-0.3, -0.25) is 4.99 Å². The Hall–Kier alpha value is 0.260. The van der Waals surface area contributed by atoms with Crippen molar-refractivity contribution in [1.82, 2.24) is 10.6 Å². The van der Waals surface area contributed by atoms with E-state index in [9.17, 15) is 0 Å². The number of nitrogens with zero attached hydrogens (tertiary/aromatic N) is 1. The first kappa shape index (κ1) is 26.2. The van der Waals surface area contributed by atoms with Gasteiger partial charge >= 0.3 is 0 Å². The van der Waals surface area contributed by atoms with Gasteiger partial charge in [-0.1, -0.05) is 6.42 Å². The molecule has 0 unspecified atom stereocenters. The lowest BCUT2D eigenvalue weighted by Crippen LogP contribution is -2.25. The van der Waals surface area contributed by atoms with E-state index in [0.717, 1.165) is 45.6 Å². The Balaban J connectivity index is -0.00000108. The van der Waals surface area contributed by atoms with Gasteiger partial charge in [-0.05, 0) is 58.2 Å². The fourth-order valence-corrected chi connectivity index (χ4v) is 2.15. The molecule has 0 saturated carbocycles. The van der Waals surface area contributed by atoms with E-state index >= 15 is 0 Å². The average molecular weight is 364 g/mol. The first-order valence-corrected chi connectivity index (χ1v) is 7.61. The molecule has 7 heteroatoms. The quantitative estimate of drug-likeness (QED) is 0.552. The lowest BCUT2D eigenvalue weighted by Gasteiger charge is -2.08. The van der Waals surface area contributed by atoms with Crippen LogP contribution in [0.1, 0.15) is 51.4 Å². The third-order valence-corrected chi connectivity index (χ3v) is 3.29. The van der Waals surface area contributed by atoms with Crippen molar-refractivity contribution in [2.24, 2.45) is 10.7 Å². The Morgan fingerprint density at radius 2 is 1.52 bits per heavy atom. The van der Waals surface area contributed by atoms with E-state index < -0.39 is 0 Å². The van der Waals surface area contributed by atoms with Crippen molar-refractivity contribution < 1.29 is 0 Å². The fourth-order valence-electron chi connectivity index (χ4n) is 2.15. The van der Waals surface area contributed by atoms with Gasteiger partial charge in [0.2, 0.25) is 0 Å². The van der Waals surface area contributed by atoms with Crippen molar-refractivity contribution in [3.63, 3.8) is 0 Å². The smallest absolute Gasteiger partial charge is 0.0963 e. The minimum atomic E-state index is 0. The van der Waals surface area contributed by atoms with Gasteiger partial charge in [0, 0.05) is 19.5 Å². The van der Waals surface area contributed by atoms with Gasteiger partial charge in [-0.25, -0.2) is 0 Å². The molecule has 1 rings (SSSR count). The molecule has 0 radical (unpaired) electrons. The van der Waals surface area contributed by atoms with Crippen LogP contribution >= 0.6 is 37.2 Å². The molecule has 0 saturated heterocycles. The van der Waals surface area contributed by atoms with E-state index in [2.05, 4.69) is 15.6 Å². The summed E-state index contributed by atoms with van der Waals surface area (Å²) in [5, 5.41) is 6.93. The number of hydrogen-bond donors (Lipinski definition) is 3. The molecule has 130 valence electrons. The van der Waals surface area contributed by atoms with Gasteiger partial charge in [0.05, 0.1) is 5.84 Å². The largest absolute Gasteiger partial charge is 0.374 e. The van der Waals surface area contributed by atoms with Gasteiger partial charge in [0.15, 0.2) is 0 Å². The van der Waals surface area contributed by atoms with Gasteiger partial charge in [0.25, 0.3) is 0 Å². The number of nitrogens with one attached hydrogen (secondary N) is 2. The van der Waals surface area contributed by atoms with Gasteiger partial charge in [0.1, 0.15) is 0 Å². The first-order valence-electron chi connectivity index (χ1n) is 7.61. The van der Waals surface area contributed by atoms with Crippen LogP contribution in [0.15, 0.2) is 4.99 Å².